The van der Waals surface area contributed by atoms with Gasteiger partial charge in [0.05, 0.1) is 35.9 Å². The number of benzene rings is 2. The number of halogens is 1. The maximum absolute atomic E-state index is 14.3. The second-order valence-electron chi connectivity index (χ2n) is 12.8. The fourth-order valence-electron chi connectivity index (χ4n) is 6.53. The molecule has 0 radical (unpaired) electrons. The fraction of sp³-hybridized carbons (Fsp3) is 0.486. The van der Waals surface area contributed by atoms with Gasteiger partial charge in [-0.3, -0.25) is 19.0 Å². The third kappa shape index (κ3) is 9.32. The molecule has 2 bridgehead atoms. The number of ether oxygens (including phenoxy) is 2. The lowest BCUT2D eigenvalue weighted by Gasteiger charge is -2.35. The number of aromatic nitrogens is 2. The lowest BCUT2D eigenvalue weighted by atomic mass is 9.85. The molecule has 1 N–H and O–H groups in total. The number of amides is 2. The van der Waals surface area contributed by atoms with E-state index in [0.29, 0.717) is 49.9 Å². The van der Waals surface area contributed by atoms with Crippen LogP contribution >= 0.6 is 11.6 Å². The Bertz CT molecular complexity index is 1780. The second kappa shape index (κ2) is 16.8. The minimum atomic E-state index is -3.49. The summed E-state index contributed by atoms with van der Waals surface area (Å²) in [5.41, 5.74) is 3.63. The van der Waals surface area contributed by atoms with Crippen molar-refractivity contribution >= 4 is 39.0 Å². The summed E-state index contributed by atoms with van der Waals surface area (Å²) < 4.78 is 35.1. The molecular formula is C37H48ClN5O5S. The number of hydrogen-bond acceptors (Lipinski definition) is 7. The van der Waals surface area contributed by atoms with Crippen LogP contribution in [0.1, 0.15) is 84.7 Å². The standard InChI is InChI=1S/C37H48ClN5O5S/c1-5-27-23-42-24-30-14-16-32(38)20-28(30)12-9-10-18-48-35-17-15-29(21-33(35)42)36(44)40-49(46,19-11-7-8-13-34(47-4)26(27)3)41-37(45)31-22-39-43(6-2)25-31/h8,13-17,20-22,25-27,34H,5-7,9-12,18-19,23-24H2,1-4H3,(H,40,41,44,45,46)/b13-8+/t26-,27+,34+,49?/m1/s1. The zero-order chi connectivity index (χ0) is 35.0. The Hall–Kier alpha value is -3.67. The van der Waals surface area contributed by atoms with Crippen LogP contribution in [-0.2, 0) is 34.2 Å². The number of aryl methyl sites for hydroxylation is 2. The lowest BCUT2D eigenvalue weighted by Crippen LogP contribution is -2.36. The van der Waals surface area contributed by atoms with Crippen molar-refractivity contribution < 1.29 is 23.3 Å². The maximum atomic E-state index is 14.3. The summed E-state index contributed by atoms with van der Waals surface area (Å²) in [5.74, 6) is -0.180. The monoisotopic (exact) mass is 709 g/mol. The van der Waals surface area contributed by atoms with Crippen LogP contribution in [0, 0.1) is 11.8 Å². The summed E-state index contributed by atoms with van der Waals surface area (Å²) in [7, 11) is -1.76. The van der Waals surface area contributed by atoms with Gasteiger partial charge in [0.2, 0.25) is 0 Å². The van der Waals surface area contributed by atoms with Crippen molar-refractivity contribution in [3.8, 4) is 5.75 Å². The van der Waals surface area contributed by atoms with Gasteiger partial charge in [0.25, 0.3) is 11.8 Å². The van der Waals surface area contributed by atoms with Crippen molar-refractivity contribution in [1.82, 2.24) is 14.5 Å². The van der Waals surface area contributed by atoms with E-state index < -0.39 is 21.7 Å². The average molecular weight is 710 g/mol. The molecule has 0 aliphatic carbocycles. The number of allylic oxidation sites excluding steroid dienone is 1. The molecule has 0 saturated carbocycles. The first-order valence-electron chi connectivity index (χ1n) is 17.2. The van der Waals surface area contributed by atoms with Crippen molar-refractivity contribution in [2.45, 2.75) is 78.5 Å². The van der Waals surface area contributed by atoms with Gasteiger partial charge in [-0.1, -0.05) is 50.1 Å². The van der Waals surface area contributed by atoms with E-state index in [1.165, 1.54) is 11.8 Å². The van der Waals surface area contributed by atoms with E-state index in [0.717, 1.165) is 36.9 Å². The molecule has 264 valence electrons. The summed E-state index contributed by atoms with van der Waals surface area (Å²) >= 11 is 6.46. The van der Waals surface area contributed by atoms with Gasteiger partial charge in [0.15, 0.2) is 0 Å². The molecule has 12 heteroatoms. The number of nitrogens with zero attached hydrogens (tertiary/aromatic N) is 4. The number of methoxy groups -OCH3 is 1. The number of hydrogen-bond donors (Lipinski definition) is 1. The largest absolute Gasteiger partial charge is 0.491 e. The van der Waals surface area contributed by atoms with Crippen LogP contribution in [0.25, 0.3) is 0 Å². The van der Waals surface area contributed by atoms with Crippen LogP contribution in [0.2, 0.25) is 5.02 Å². The smallest absolute Gasteiger partial charge is 0.286 e. The fourth-order valence-corrected chi connectivity index (χ4v) is 8.30. The van der Waals surface area contributed by atoms with E-state index in [2.05, 4.69) is 51.1 Å². The predicted octanol–water partition coefficient (Wildman–Crippen LogP) is 7.26. The van der Waals surface area contributed by atoms with Gasteiger partial charge in [-0.15, -0.1) is 4.36 Å². The lowest BCUT2D eigenvalue weighted by molar-refractivity contribution is 0.0696. The van der Waals surface area contributed by atoms with Crippen molar-refractivity contribution in [1.29, 1.82) is 0 Å². The molecule has 3 heterocycles. The van der Waals surface area contributed by atoms with Crippen LogP contribution in [0.15, 0.2) is 65.3 Å². The van der Waals surface area contributed by atoms with Gasteiger partial charge in [0, 0.05) is 43.5 Å². The summed E-state index contributed by atoms with van der Waals surface area (Å²) in [6, 6.07) is 11.3. The van der Waals surface area contributed by atoms with Crippen molar-refractivity contribution in [2.75, 3.05) is 30.9 Å². The van der Waals surface area contributed by atoms with E-state index in [4.69, 9.17) is 21.1 Å². The van der Waals surface area contributed by atoms with Crippen molar-refractivity contribution in [3.05, 3.63) is 88.2 Å². The highest BCUT2D eigenvalue weighted by atomic mass is 35.5. The number of rotatable bonds is 5. The Balaban J connectivity index is 1.62. The molecule has 2 aliphatic heterocycles. The summed E-state index contributed by atoms with van der Waals surface area (Å²) in [6.45, 7) is 8.68. The summed E-state index contributed by atoms with van der Waals surface area (Å²) in [5, 5.41) is 4.86. The molecule has 0 fully saturated rings. The molecule has 4 atom stereocenters. The minimum Gasteiger partial charge on any atom is -0.491 e. The molecule has 3 aromatic rings. The van der Waals surface area contributed by atoms with Gasteiger partial charge in [-0.05, 0) is 92.3 Å². The van der Waals surface area contributed by atoms with Crippen LogP contribution < -0.4 is 14.4 Å². The van der Waals surface area contributed by atoms with E-state index in [1.807, 2.05) is 19.1 Å². The first-order valence-corrected chi connectivity index (χ1v) is 19.3. The van der Waals surface area contributed by atoms with Gasteiger partial charge >= 0.3 is 0 Å². The van der Waals surface area contributed by atoms with E-state index in [9.17, 15) is 13.8 Å². The molecule has 49 heavy (non-hydrogen) atoms. The van der Waals surface area contributed by atoms with Crippen LogP contribution in [-0.4, -0.2) is 57.9 Å². The Kier molecular flexibility index (Phi) is 12.6. The Morgan fingerprint density at radius 1 is 1.14 bits per heavy atom. The Morgan fingerprint density at radius 2 is 1.98 bits per heavy atom. The molecule has 2 aromatic carbocycles. The van der Waals surface area contributed by atoms with Gasteiger partial charge in [-0.2, -0.15) is 5.10 Å². The highest BCUT2D eigenvalue weighted by Crippen LogP contribution is 2.36. The Labute approximate surface area is 295 Å². The molecule has 5 rings (SSSR count). The number of carbonyl (C=O) groups excluding carboxylic acids is 2. The zero-order valence-electron chi connectivity index (χ0n) is 28.9. The molecule has 0 saturated heterocycles. The van der Waals surface area contributed by atoms with Crippen LogP contribution in [0.5, 0.6) is 5.75 Å². The second-order valence-corrected chi connectivity index (χ2v) is 15.3. The van der Waals surface area contributed by atoms with E-state index in [1.54, 1.807) is 36.2 Å². The number of carbonyl (C=O) groups is 2. The Morgan fingerprint density at radius 3 is 2.73 bits per heavy atom. The molecule has 1 aromatic heterocycles. The number of anilines is 1. The molecule has 0 spiro atoms. The zero-order valence-corrected chi connectivity index (χ0v) is 30.5. The summed E-state index contributed by atoms with van der Waals surface area (Å²) in [6.07, 6.45) is 11.6. The number of nitrogens with one attached hydrogen (secondary N) is 1. The van der Waals surface area contributed by atoms with E-state index >= 15 is 0 Å². The maximum Gasteiger partial charge on any atom is 0.286 e. The van der Waals surface area contributed by atoms with E-state index in [-0.39, 0.29) is 34.8 Å². The third-order valence-corrected chi connectivity index (χ3v) is 11.5. The summed E-state index contributed by atoms with van der Waals surface area (Å²) in [4.78, 5) is 29.4. The molecule has 2 amide bonds. The van der Waals surface area contributed by atoms with Gasteiger partial charge < -0.3 is 14.4 Å². The molecule has 10 nitrogen and oxygen atoms in total. The average Bonchev–Trinajstić information content (AvgIpc) is 3.57. The highest BCUT2D eigenvalue weighted by Gasteiger charge is 2.28. The molecular weight excluding hydrogens is 662 g/mol. The molecule has 2 aliphatic rings. The highest BCUT2D eigenvalue weighted by molar-refractivity contribution is 7.92. The van der Waals surface area contributed by atoms with Gasteiger partial charge in [0.1, 0.15) is 15.7 Å². The SMILES string of the molecule is CC[C@H]1CN2Cc3ccc(Cl)cc3CCCCOc3ccc(cc32)C(=O)N=S(=O)(NC(=O)c2cnn(CC)c2)CCC/C=C/[C@H](OC)[C@@H]1C. The van der Waals surface area contributed by atoms with Crippen molar-refractivity contribution in [2.24, 2.45) is 16.2 Å². The van der Waals surface area contributed by atoms with Crippen LogP contribution in [0.3, 0.4) is 0 Å². The van der Waals surface area contributed by atoms with Crippen LogP contribution in [0.4, 0.5) is 5.69 Å². The predicted molar refractivity (Wildman–Crippen MR) is 195 cm³/mol. The van der Waals surface area contributed by atoms with Gasteiger partial charge in [-0.25, -0.2) is 4.21 Å². The quantitative estimate of drug-likeness (QED) is 0.278. The van der Waals surface area contributed by atoms with Crippen molar-refractivity contribution in [3.63, 3.8) is 0 Å². The minimum absolute atomic E-state index is 0.00103. The topological polar surface area (TPSA) is 115 Å². The first-order chi connectivity index (χ1) is 23.6. The normalized spacial score (nSPS) is 24.5. The first kappa shape index (κ1) is 36.6. The number of fused-ring (bicyclic) bond motifs is 2. The molecule has 1 unspecified atom stereocenters. The third-order valence-electron chi connectivity index (χ3n) is 9.51.